The molecule has 0 saturated heterocycles. The third kappa shape index (κ3) is 3.87. The fraction of sp³-hybridized carbons (Fsp3) is 0.400. The fourth-order valence-electron chi connectivity index (χ4n) is 2.15. The summed E-state index contributed by atoms with van der Waals surface area (Å²) in [5, 5.41) is 7.97. The van der Waals surface area contributed by atoms with Crippen LogP contribution in [0.1, 0.15) is 25.6 Å². The summed E-state index contributed by atoms with van der Waals surface area (Å²) in [5.74, 6) is 0.988. The maximum Gasteiger partial charge on any atom is 0.0704 e. The van der Waals surface area contributed by atoms with Crippen molar-refractivity contribution in [1.82, 2.24) is 15.1 Å². The Morgan fingerprint density at radius 1 is 1.30 bits per heavy atom. The van der Waals surface area contributed by atoms with Gasteiger partial charge in [-0.25, -0.2) is 0 Å². The van der Waals surface area contributed by atoms with E-state index in [0.717, 1.165) is 23.3 Å². The van der Waals surface area contributed by atoms with Gasteiger partial charge in [0.15, 0.2) is 0 Å². The fourth-order valence-corrected chi connectivity index (χ4v) is 3.70. The summed E-state index contributed by atoms with van der Waals surface area (Å²) in [6.45, 7) is 6.09. The molecule has 0 spiro atoms. The Kier molecular flexibility index (Phi) is 6.13. The second kappa shape index (κ2) is 7.86. The number of rotatable bonds is 7. The average Bonchev–Trinajstić information content (AvgIpc) is 2.85. The summed E-state index contributed by atoms with van der Waals surface area (Å²) in [5.41, 5.74) is 1.23. The highest BCUT2D eigenvalue weighted by atomic mass is 79.9. The van der Waals surface area contributed by atoms with Crippen LogP contribution in [0.2, 0.25) is 0 Å². The van der Waals surface area contributed by atoms with Gasteiger partial charge in [0, 0.05) is 17.2 Å². The molecular weight excluding hydrogens is 334 g/mol. The number of hydrogen-bond donors (Lipinski definition) is 1. The van der Waals surface area contributed by atoms with Gasteiger partial charge in [0.25, 0.3) is 0 Å². The predicted octanol–water partition coefficient (Wildman–Crippen LogP) is 4.11. The molecule has 1 aromatic carbocycles. The molecule has 1 atom stereocenters. The normalized spacial score (nSPS) is 12.6. The van der Waals surface area contributed by atoms with Gasteiger partial charge >= 0.3 is 0 Å². The van der Waals surface area contributed by atoms with Crippen LogP contribution in [0, 0.1) is 0 Å². The van der Waals surface area contributed by atoms with Gasteiger partial charge in [-0.15, -0.1) is 11.8 Å². The van der Waals surface area contributed by atoms with E-state index in [0.29, 0.717) is 6.04 Å². The summed E-state index contributed by atoms with van der Waals surface area (Å²) >= 11 is 5.49. The number of nitrogens with zero attached hydrogens (tertiary/aromatic N) is 2. The SMILES string of the molecule is CCNC(CSc1ccccc1)c1c(Br)cnn1CC. The summed E-state index contributed by atoms with van der Waals surface area (Å²) in [4.78, 5) is 1.30. The summed E-state index contributed by atoms with van der Waals surface area (Å²) < 4.78 is 3.14. The first kappa shape index (κ1) is 15.6. The summed E-state index contributed by atoms with van der Waals surface area (Å²) in [6, 6.07) is 10.8. The molecule has 2 aromatic rings. The van der Waals surface area contributed by atoms with Crippen molar-refractivity contribution in [2.75, 3.05) is 12.3 Å². The molecule has 1 aromatic heterocycles. The molecule has 1 N–H and O–H groups in total. The number of aromatic nitrogens is 2. The Labute approximate surface area is 133 Å². The highest BCUT2D eigenvalue weighted by Crippen LogP contribution is 2.29. The lowest BCUT2D eigenvalue weighted by Gasteiger charge is -2.19. The number of hydrogen-bond acceptors (Lipinski definition) is 3. The molecule has 0 saturated carbocycles. The molecule has 3 nitrogen and oxygen atoms in total. The molecule has 1 heterocycles. The van der Waals surface area contributed by atoms with Gasteiger partial charge in [0.05, 0.1) is 22.4 Å². The van der Waals surface area contributed by atoms with Crippen LogP contribution in [0.4, 0.5) is 0 Å². The molecule has 0 aliphatic heterocycles. The van der Waals surface area contributed by atoms with E-state index in [1.807, 2.05) is 18.0 Å². The molecule has 0 aliphatic rings. The van der Waals surface area contributed by atoms with E-state index < -0.39 is 0 Å². The van der Waals surface area contributed by atoms with Gasteiger partial charge in [0.1, 0.15) is 0 Å². The van der Waals surface area contributed by atoms with Gasteiger partial charge in [-0.05, 0) is 41.5 Å². The van der Waals surface area contributed by atoms with E-state index in [4.69, 9.17) is 0 Å². The quantitative estimate of drug-likeness (QED) is 0.759. The highest BCUT2D eigenvalue weighted by Gasteiger charge is 2.19. The summed E-state index contributed by atoms with van der Waals surface area (Å²) in [6.07, 6.45) is 1.89. The van der Waals surface area contributed by atoms with Crippen molar-refractivity contribution < 1.29 is 0 Å². The molecule has 0 bridgehead atoms. The van der Waals surface area contributed by atoms with E-state index in [1.165, 1.54) is 10.6 Å². The van der Waals surface area contributed by atoms with Crippen LogP contribution in [0.5, 0.6) is 0 Å². The molecule has 5 heteroatoms. The van der Waals surface area contributed by atoms with Crippen LogP contribution in [0.3, 0.4) is 0 Å². The van der Waals surface area contributed by atoms with Crippen LogP contribution in [0.15, 0.2) is 45.9 Å². The lowest BCUT2D eigenvalue weighted by atomic mass is 10.2. The van der Waals surface area contributed by atoms with Crippen molar-refractivity contribution in [3.05, 3.63) is 46.7 Å². The van der Waals surface area contributed by atoms with Crippen LogP contribution in [-0.2, 0) is 6.54 Å². The van der Waals surface area contributed by atoms with Crippen LogP contribution in [-0.4, -0.2) is 22.1 Å². The Bertz CT molecular complexity index is 527. The monoisotopic (exact) mass is 353 g/mol. The zero-order valence-corrected chi connectivity index (χ0v) is 14.2. The van der Waals surface area contributed by atoms with E-state index in [9.17, 15) is 0 Å². The van der Waals surface area contributed by atoms with Crippen molar-refractivity contribution >= 4 is 27.7 Å². The largest absolute Gasteiger partial charge is 0.308 e. The lowest BCUT2D eigenvalue weighted by molar-refractivity contribution is 0.525. The van der Waals surface area contributed by atoms with Crippen LogP contribution in [0.25, 0.3) is 0 Å². The average molecular weight is 354 g/mol. The molecule has 0 radical (unpaired) electrons. The standard InChI is InChI=1S/C15H20BrN3S/c1-3-17-14(11-20-12-8-6-5-7-9-12)15-13(16)10-18-19(15)4-2/h5-10,14,17H,3-4,11H2,1-2H3. The minimum Gasteiger partial charge on any atom is -0.308 e. The number of halogens is 1. The van der Waals surface area contributed by atoms with Crippen molar-refractivity contribution in [1.29, 1.82) is 0 Å². The second-order valence-corrected chi connectivity index (χ2v) is 6.38. The van der Waals surface area contributed by atoms with Gasteiger partial charge in [-0.2, -0.15) is 5.10 Å². The van der Waals surface area contributed by atoms with E-state index in [-0.39, 0.29) is 0 Å². The molecule has 0 amide bonds. The molecule has 0 aliphatic carbocycles. The van der Waals surface area contributed by atoms with Crippen LogP contribution >= 0.6 is 27.7 Å². The predicted molar refractivity (Wildman–Crippen MR) is 89.2 cm³/mol. The third-order valence-electron chi connectivity index (χ3n) is 3.07. The minimum absolute atomic E-state index is 0.294. The minimum atomic E-state index is 0.294. The summed E-state index contributed by atoms with van der Waals surface area (Å²) in [7, 11) is 0. The number of aryl methyl sites for hydroxylation is 1. The third-order valence-corrected chi connectivity index (χ3v) is 4.79. The van der Waals surface area contributed by atoms with E-state index in [2.05, 4.69) is 75.2 Å². The Morgan fingerprint density at radius 2 is 2.05 bits per heavy atom. The van der Waals surface area contributed by atoms with E-state index in [1.54, 1.807) is 0 Å². The molecule has 2 rings (SSSR count). The van der Waals surface area contributed by atoms with Crippen LogP contribution < -0.4 is 5.32 Å². The zero-order chi connectivity index (χ0) is 14.4. The zero-order valence-electron chi connectivity index (χ0n) is 11.8. The maximum atomic E-state index is 4.41. The van der Waals surface area contributed by atoms with Crippen molar-refractivity contribution in [3.8, 4) is 0 Å². The molecular formula is C15H20BrN3S. The van der Waals surface area contributed by atoms with E-state index >= 15 is 0 Å². The first-order valence-electron chi connectivity index (χ1n) is 6.88. The smallest absolute Gasteiger partial charge is 0.0704 e. The molecule has 1 unspecified atom stereocenters. The van der Waals surface area contributed by atoms with Gasteiger partial charge in [-0.3, -0.25) is 4.68 Å². The molecule has 0 fully saturated rings. The number of thioether (sulfide) groups is 1. The van der Waals surface area contributed by atoms with Gasteiger partial charge < -0.3 is 5.32 Å². The van der Waals surface area contributed by atoms with Gasteiger partial charge in [0.2, 0.25) is 0 Å². The highest BCUT2D eigenvalue weighted by molar-refractivity contribution is 9.10. The van der Waals surface area contributed by atoms with Crippen molar-refractivity contribution in [2.24, 2.45) is 0 Å². The topological polar surface area (TPSA) is 29.9 Å². The Balaban J connectivity index is 2.12. The molecule has 108 valence electrons. The number of nitrogens with one attached hydrogen (secondary N) is 1. The maximum absolute atomic E-state index is 4.41. The van der Waals surface area contributed by atoms with Crippen molar-refractivity contribution in [2.45, 2.75) is 31.3 Å². The number of benzene rings is 1. The first-order valence-corrected chi connectivity index (χ1v) is 8.66. The first-order chi connectivity index (χ1) is 9.76. The van der Waals surface area contributed by atoms with Gasteiger partial charge in [-0.1, -0.05) is 25.1 Å². The van der Waals surface area contributed by atoms with Crippen molar-refractivity contribution in [3.63, 3.8) is 0 Å². The Morgan fingerprint density at radius 3 is 2.70 bits per heavy atom. The second-order valence-electron chi connectivity index (χ2n) is 4.43. The lowest BCUT2D eigenvalue weighted by Crippen LogP contribution is -2.26. The Hall–Kier alpha value is -0.780. The molecule has 20 heavy (non-hydrogen) atoms.